The Morgan fingerprint density at radius 2 is 1.58 bits per heavy atom. The number of aryl methyl sites for hydroxylation is 2. The van der Waals surface area contributed by atoms with Crippen LogP contribution in [0.15, 0.2) is 54.6 Å². The van der Waals surface area contributed by atoms with E-state index in [-0.39, 0.29) is 6.42 Å². The molecule has 0 aliphatic rings. The van der Waals surface area contributed by atoms with Crippen molar-refractivity contribution in [3.63, 3.8) is 0 Å². The molecule has 136 valence electrons. The molecular weight excluding hydrogens is 335 g/mol. The Morgan fingerprint density at radius 1 is 0.885 bits per heavy atom. The van der Waals surface area contributed by atoms with Crippen LogP contribution in [0.5, 0.6) is 0 Å². The summed E-state index contributed by atoms with van der Waals surface area (Å²) in [6, 6.07) is 17.6. The summed E-state index contributed by atoms with van der Waals surface area (Å²) in [5, 5.41) is 0.865. The highest BCUT2D eigenvalue weighted by Crippen LogP contribution is 2.41. The summed E-state index contributed by atoms with van der Waals surface area (Å²) in [6.45, 7) is 4.57. The van der Waals surface area contributed by atoms with E-state index in [0.29, 0.717) is 0 Å². The number of halogens is 3. The van der Waals surface area contributed by atoms with Crippen molar-refractivity contribution in [1.29, 1.82) is 0 Å². The average Bonchev–Trinajstić information content (AvgIpc) is 2.55. The van der Waals surface area contributed by atoms with Crippen LogP contribution in [0.3, 0.4) is 0 Å². The van der Waals surface area contributed by atoms with Crippen molar-refractivity contribution in [3.8, 4) is 11.3 Å². The van der Waals surface area contributed by atoms with E-state index < -0.39 is 11.6 Å². The summed E-state index contributed by atoms with van der Waals surface area (Å²) in [5.41, 5.74) is 3.21. The molecule has 0 fully saturated rings. The Labute approximate surface area is 152 Å². The van der Waals surface area contributed by atoms with Gasteiger partial charge >= 0.3 is 6.18 Å². The van der Waals surface area contributed by atoms with Gasteiger partial charge in [0, 0.05) is 23.1 Å². The van der Waals surface area contributed by atoms with Gasteiger partial charge in [-0.15, -0.1) is 0 Å². The van der Waals surface area contributed by atoms with Crippen LogP contribution in [0, 0.1) is 12.3 Å². The quantitative estimate of drug-likeness (QED) is 0.523. The van der Waals surface area contributed by atoms with Crippen LogP contribution in [-0.2, 0) is 13.5 Å². The van der Waals surface area contributed by atoms with Gasteiger partial charge in [0.25, 0.3) is 0 Å². The number of fused-ring (bicyclic) bond motifs is 1. The predicted molar refractivity (Wildman–Crippen MR) is 98.8 cm³/mol. The fourth-order valence-corrected chi connectivity index (χ4v) is 3.35. The first kappa shape index (κ1) is 18.4. The topological polar surface area (TPSA) is 3.88 Å². The molecule has 4 heteroatoms. The van der Waals surface area contributed by atoms with Crippen molar-refractivity contribution in [2.24, 2.45) is 12.5 Å². The fraction of sp³-hybridized carbons (Fsp3) is 0.318. The van der Waals surface area contributed by atoms with Gasteiger partial charge in [-0.2, -0.15) is 17.7 Å². The normalized spacial score (nSPS) is 12.6. The predicted octanol–water partition coefficient (Wildman–Crippen LogP) is 5.77. The fourth-order valence-electron chi connectivity index (χ4n) is 3.35. The Morgan fingerprint density at radius 3 is 2.23 bits per heavy atom. The van der Waals surface area contributed by atoms with E-state index in [0.717, 1.165) is 33.3 Å². The number of alkyl halides is 3. The van der Waals surface area contributed by atoms with Gasteiger partial charge in [-0.25, -0.2) is 0 Å². The highest BCUT2D eigenvalue weighted by atomic mass is 19.4. The highest BCUT2D eigenvalue weighted by Gasteiger charge is 2.47. The first-order valence-corrected chi connectivity index (χ1v) is 8.65. The summed E-state index contributed by atoms with van der Waals surface area (Å²) in [6.07, 6.45) is -4.28. The second kappa shape index (κ2) is 6.42. The van der Waals surface area contributed by atoms with Gasteiger partial charge in [0.2, 0.25) is 11.2 Å². The second-order valence-electron chi connectivity index (χ2n) is 7.50. The van der Waals surface area contributed by atoms with Gasteiger partial charge in [-0.3, -0.25) is 0 Å². The molecule has 1 heterocycles. The lowest BCUT2D eigenvalue weighted by molar-refractivity contribution is -0.633. The lowest BCUT2D eigenvalue weighted by Gasteiger charge is -2.28. The van der Waals surface area contributed by atoms with Crippen molar-refractivity contribution >= 4 is 10.9 Å². The number of hydrogen-bond donors (Lipinski definition) is 0. The maximum atomic E-state index is 13.3. The highest BCUT2D eigenvalue weighted by molar-refractivity contribution is 5.81. The van der Waals surface area contributed by atoms with E-state index in [9.17, 15) is 13.2 Å². The van der Waals surface area contributed by atoms with Crippen LogP contribution in [0.2, 0.25) is 0 Å². The van der Waals surface area contributed by atoms with Crippen molar-refractivity contribution in [2.45, 2.75) is 33.4 Å². The molecule has 1 aromatic heterocycles. The van der Waals surface area contributed by atoms with E-state index in [4.69, 9.17) is 0 Å². The van der Waals surface area contributed by atoms with E-state index in [1.807, 2.05) is 43.4 Å². The Kier molecular flexibility index (Phi) is 4.55. The van der Waals surface area contributed by atoms with Crippen molar-refractivity contribution in [1.82, 2.24) is 0 Å². The lowest BCUT2D eigenvalue weighted by Crippen LogP contribution is -2.35. The molecule has 3 rings (SSSR count). The number of hydrogen-bond acceptors (Lipinski definition) is 0. The molecule has 0 radical (unpaired) electrons. The molecule has 1 nitrogen and oxygen atoms in total. The van der Waals surface area contributed by atoms with E-state index >= 15 is 0 Å². The minimum atomic E-state index is -4.24. The molecule has 0 spiro atoms. The molecule has 0 unspecified atom stereocenters. The average molecular weight is 358 g/mol. The van der Waals surface area contributed by atoms with Gasteiger partial charge in [0.05, 0.1) is 5.41 Å². The van der Waals surface area contributed by atoms with Crippen LogP contribution in [0.4, 0.5) is 13.2 Å². The van der Waals surface area contributed by atoms with E-state index in [2.05, 4.69) is 23.6 Å². The maximum Gasteiger partial charge on any atom is 0.394 e. The molecule has 0 N–H and O–H groups in total. The summed E-state index contributed by atoms with van der Waals surface area (Å²) in [7, 11) is 1.96. The Balaban J connectivity index is 2.14. The zero-order valence-electron chi connectivity index (χ0n) is 15.5. The molecule has 0 amide bonds. The standard InChI is InChI=1S/C22H23F3N/c1-15-8-5-6-10-17(15)20-13-12-18-16(9-7-11-19(18)26(20)4)14-21(2,3)22(23,24)25/h5-13H,14H2,1-4H3/q+1. The van der Waals surface area contributed by atoms with Gasteiger partial charge in [0.1, 0.15) is 7.05 Å². The molecule has 0 saturated heterocycles. The Bertz CT molecular complexity index is 955. The molecule has 0 saturated carbocycles. The largest absolute Gasteiger partial charge is 0.394 e. The first-order chi connectivity index (χ1) is 12.1. The van der Waals surface area contributed by atoms with Crippen LogP contribution in [-0.4, -0.2) is 6.18 Å². The molecule has 0 atom stereocenters. The second-order valence-corrected chi connectivity index (χ2v) is 7.50. The summed E-state index contributed by atoms with van der Waals surface area (Å²) < 4.78 is 42.0. The van der Waals surface area contributed by atoms with Crippen LogP contribution in [0.25, 0.3) is 22.2 Å². The van der Waals surface area contributed by atoms with Gasteiger partial charge in [-0.05, 0) is 36.6 Å². The van der Waals surface area contributed by atoms with Gasteiger partial charge in [0.15, 0.2) is 0 Å². The summed E-state index contributed by atoms with van der Waals surface area (Å²) in [5.74, 6) is 0. The molecule has 0 aliphatic carbocycles. The third kappa shape index (κ3) is 3.20. The van der Waals surface area contributed by atoms with Crippen LogP contribution < -0.4 is 4.57 Å². The zero-order chi connectivity index (χ0) is 19.1. The number of nitrogens with zero attached hydrogens (tertiary/aromatic N) is 1. The maximum absolute atomic E-state index is 13.3. The monoisotopic (exact) mass is 358 g/mol. The third-order valence-corrected chi connectivity index (χ3v) is 5.12. The molecule has 0 aliphatic heterocycles. The van der Waals surface area contributed by atoms with Crippen molar-refractivity contribution in [3.05, 3.63) is 65.7 Å². The smallest absolute Gasteiger partial charge is 0.194 e. The minimum Gasteiger partial charge on any atom is -0.194 e. The van der Waals surface area contributed by atoms with Gasteiger partial charge < -0.3 is 0 Å². The lowest BCUT2D eigenvalue weighted by atomic mass is 9.84. The van der Waals surface area contributed by atoms with E-state index in [1.54, 1.807) is 6.07 Å². The van der Waals surface area contributed by atoms with Crippen LogP contribution in [0.1, 0.15) is 25.0 Å². The summed E-state index contributed by atoms with van der Waals surface area (Å²) in [4.78, 5) is 0. The van der Waals surface area contributed by atoms with Crippen molar-refractivity contribution < 1.29 is 17.7 Å². The molecule has 2 aromatic carbocycles. The minimum absolute atomic E-state index is 0.0441. The first-order valence-electron chi connectivity index (χ1n) is 8.65. The molecule has 0 bridgehead atoms. The number of benzene rings is 2. The number of aromatic nitrogens is 1. The van der Waals surface area contributed by atoms with Crippen molar-refractivity contribution in [2.75, 3.05) is 0 Å². The third-order valence-electron chi connectivity index (χ3n) is 5.12. The van der Waals surface area contributed by atoms with Crippen LogP contribution >= 0.6 is 0 Å². The van der Waals surface area contributed by atoms with E-state index in [1.165, 1.54) is 13.8 Å². The Hall–Kier alpha value is -2.36. The molecular formula is C22H23F3N+. The number of pyridine rings is 1. The SMILES string of the molecule is Cc1ccccc1-c1ccc2c(CC(C)(C)C(F)(F)F)cccc2[n+]1C. The molecule has 26 heavy (non-hydrogen) atoms. The van der Waals surface area contributed by atoms with Gasteiger partial charge in [-0.1, -0.05) is 44.2 Å². The molecule has 3 aromatic rings. The zero-order valence-corrected chi connectivity index (χ0v) is 15.5. The number of rotatable bonds is 3. The summed E-state index contributed by atoms with van der Waals surface area (Å²) >= 11 is 0.